The predicted molar refractivity (Wildman–Crippen MR) is 81.0 cm³/mol. The Morgan fingerprint density at radius 2 is 1.89 bits per heavy atom. The Morgan fingerprint density at radius 3 is 2.44 bits per heavy atom. The highest BCUT2D eigenvalue weighted by Gasteiger charge is 2.24. The molecule has 1 heterocycles. The third-order valence-corrected chi connectivity index (χ3v) is 3.76. The van der Waals surface area contributed by atoms with Gasteiger partial charge in [-0.2, -0.15) is 0 Å². The molecular formula is C16H34N2. The summed E-state index contributed by atoms with van der Waals surface area (Å²) in [5.74, 6) is 0.922. The van der Waals surface area contributed by atoms with E-state index in [1.807, 2.05) is 0 Å². The van der Waals surface area contributed by atoms with E-state index in [1.165, 1.54) is 51.7 Å². The van der Waals surface area contributed by atoms with Crippen LogP contribution in [0.15, 0.2) is 0 Å². The molecular weight excluding hydrogens is 220 g/mol. The second-order valence-electron chi connectivity index (χ2n) is 7.90. The lowest BCUT2D eigenvalue weighted by molar-refractivity contribution is 0.238. The number of hydrogen-bond donors (Lipinski definition) is 2. The van der Waals surface area contributed by atoms with Gasteiger partial charge < -0.3 is 10.6 Å². The Bertz CT molecular complexity index is 222. The maximum absolute atomic E-state index is 3.73. The molecule has 1 fully saturated rings. The van der Waals surface area contributed by atoms with Gasteiger partial charge in [0.25, 0.3) is 0 Å². The lowest BCUT2D eigenvalue weighted by Crippen LogP contribution is -2.43. The third kappa shape index (κ3) is 7.38. The van der Waals surface area contributed by atoms with Gasteiger partial charge in [0.2, 0.25) is 0 Å². The van der Waals surface area contributed by atoms with Crippen LogP contribution in [-0.4, -0.2) is 25.2 Å². The first-order valence-electron chi connectivity index (χ1n) is 7.74. The van der Waals surface area contributed by atoms with Gasteiger partial charge in [0.15, 0.2) is 0 Å². The Kier molecular flexibility index (Phi) is 6.13. The maximum Gasteiger partial charge on any atom is 0.0130 e. The molecule has 2 nitrogen and oxygen atoms in total. The molecule has 2 heteroatoms. The molecule has 0 aromatic heterocycles. The van der Waals surface area contributed by atoms with E-state index in [0.29, 0.717) is 5.41 Å². The van der Waals surface area contributed by atoms with Crippen molar-refractivity contribution in [3.63, 3.8) is 0 Å². The van der Waals surface area contributed by atoms with E-state index in [9.17, 15) is 0 Å². The standard InChI is InChI=1S/C16H34N2/c1-15(2,3)13-16(4,5)18-11-7-9-14-8-6-10-17-12-14/h14,17-18H,6-13H2,1-5H3. The second-order valence-corrected chi connectivity index (χ2v) is 7.90. The summed E-state index contributed by atoms with van der Waals surface area (Å²) in [7, 11) is 0. The molecule has 0 aliphatic carbocycles. The molecule has 18 heavy (non-hydrogen) atoms. The molecule has 1 aliphatic rings. The number of piperidine rings is 1. The summed E-state index contributed by atoms with van der Waals surface area (Å²) in [6, 6.07) is 0. The van der Waals surface area contributed by atoms with E-state index >= 15 is 0 Å². The van der Waals surface area contributed by atoms with Crippen LogP contribution in [0.2, 0.25) is 0 Å². The summed E-state index contributed by atoms with van der Waals surface area (Å²) in [5, 5.41) is 7.24. The fourth-order valence-corrected chi connectivity index (χ4v) is 3.38. The monoisotopic (exact) mass is 254 g/mol. The summed E-state index contributed by atoms with van der Waals surface area (Å²) >= 11 is 0. The lowest BCUT2D eigenvalue weighted by atomic mass is 9.81. The van der Waals surface area contributed by atoms with Crippen LogP contribution in [0.3, 0.4) is 0 Å². The molecule has 0 saturated carbocycles. The van der Waals surface area contributed by atoms with Gasteiger partial charge in [-0.15, -0.1) is 0 Å². The van der Waals surface area contributed by atoms with E-state index in [-0.39, 0.29) is 5.54 Å². The van der Waals surface area contributed by atoms with Crippen LogP contribution in [-0.2, 0) is 0 Å². The summed E-state index contributed by atoms with van der Waals surface area (Å²) in [6.45, 7) is 15.3. The van der Waals surface area contributed by atoms with Gasteiger partial charge in [0.1, 0.15) is 0 Å². The normalized spacial score (nSPS) is 22.2. The first-order chi connectivity index (χ1) is 8.29. The quantitative estimate of drug-likeness (QED) is 0.708. The summed E-state index contributed by atoms with van der Waals surface area (Å²) in [4.78, 5) is 0. The van der Waals surface area contributed by atoms with Crippen molar-refractivity contribution in [1.82, 2.24) is 10.6 Å². The van der Waals surface area contributed by atoms with Crippen LogP contribution in [0.4, 0.5) is 0 Å². The fourth-order valence-electron chi connectivity index (χ4n) is 3.38. The molecule has 0 spiro atoms. The molecule has 1 saturated heterocycles. The second kappa shape index (κ2) is 6.91. The minimum absolute atomic E-state index is 0.267. The van der Waals surface area contributed by atoms with Gasteiger partial charge in [0, 0.05) is 5.54 Å². The van der Waals surface area contributed by atoms with E-state index in [4.69, 9.17) is 0 Å². The number of nitrogens with one attached hydrogen (secondary N) is 2. The lowest BCUT2D eigenvalue weighted by Gasteiger charge is -2.34. The Hall–Kier alpha value is -0.0800. The molecule has 2 N–H and O–H groups in total. The average Bonchev–Trinajstić information content (AvgIpc) is 2.23. The van der Waals surface area contributed by atoms with E-state index in [0.717, 1.165) is 5.92 Å². The Labute approximate surface area is 114 Å². The zero-order valence-electron chi connectivity index (χ0n) is 13.2. The van der Waals surface area contributed by atoms with Crippen LogP contribution in [0.25, 0.3) is 0 Å². The van der Waals surface area contributed by atoms with E-state index < -0.39 is 0 Å². The van der Waals surface area contributed by atoms with Crippen molar-refractivity contribution in [1.29, 1.82) is 0 Å². The predicted octanol–water partition coefficient (Wildman–Crippen LogP) is 3.57. The molecule has 1 atom stereocenters. The van der Waals surface area contributed by atoms with Gasteiger partial charge >= 0.3 is 0 Å². The first kappa shape index (κ1) is 16.0. The molecule has 0 amide bonds. The Morgan fingerprint density at radius 1 is 1.17 bits per heavy atom. The number of rotatable bonds is 6. The van der Waals surface area contributed by atoms with Gasteiger partial charge in [-0.3, -0.25) is 0 Å². The zero-order chi connectivity index (χ0) is 13.6. The van der Waals surface area contributed by atoms with Crippen LogP contribution >= 0.6 is 0 Å². The summed E-state index contributed by atoms with van der Waals surface area (Å²) < 4.78 is 0. The van der Waals surface area contributed by atoms with Crippen LogP contribution in [0.1, 0.15) is 66.7 Å². The van der Waals surface area contributed by atoms with Crippen molar-refractivity contribution < 1.29 is 0 Å². The highest BCUT2D eigenvalue weighted by atomic mass is 14.9. The smallest absolute Gasteiger partial charge is 0.0130 e. The van der Waals surface area contributed by atoms with Crippen molar-refractivity contribution in [3.8, 4) is 0 Å². The summed E-state index contributed by atoms with van der Waals surface area (Å²) in [6.07, 6.45) is 6.72. The SMILES string of the molecule is CC(C)(C)CC(C)(C)NCCCC1CCCNC1. The molecule has 108 valence electrons. The van der Waals surface area contributed by atoms with Gasteiger partial charge in [-0.05, 0) is 76.9 Å². The highest BCUT2D eigenvalue weighted by Crippen LogP contribution is 2.26. The van der Waals surface area contributed by atoms with Crippen molar-refractivity contribution in [2.45, 2.75) is 72.3 Å². The average molecular weight is 254 g/mol. The highest BCUT2D eigenvalue weighted by molar-refractivity contribution is 4.83. The van der Waals surface area contributed by atoms with Gasteiger partial charge in [-0.1, -0.05) is 20.8 Å². The van der Waals surface area contributed by atoms with Gasteiger partial charge in [-0.25, -0.2) is 0 Å². The summed E-state index contributed by atoms with van der Waals surface area (Å²) in [5.41, 5.74) is 0.673. The molecule has 1 rings (SSSR count). The molecule has 1 aliphatic heterocycles. The Balaban J connectivity index is 2.12. The van der Waals surface area contributed by atoms with E-state index in [1.54, 1.807) is 0 Å². The van der Waals surface area contributed by atoms with Crippen LogP contribution in [0.5, 0.6) is 0 Å². The topological polar surface area (TPSA) is 24.1 Å². The van der Waals surface area contributed by atoms with E-state index in [2.05, 4.69) is 45.3 Å². The van der Waals surface area contributed by atoms with Gasteiger partial charge in [0.05, 0.1) is 0 Å². The minimum atomic E-state index is 0.267. The molecule has 0 aromatic rings. The zero-order valence-corrected chi connectivity index (χ0v) is 13.2. The molecule has 1 unspecified atom stereocenters. The van der Waals surface area contributed by atoms with Crippen LogP contribution in [0, 0.1) is 11.3 Å². The first-order valence-corrected chi connectivity index (χ1v) is 7.74. The van der Waals surface area contributed by atoms with Crippen molar-refractivity contribution >= 4 is 0 Å². The fraction of sp³-hybridized carbons (Fsp3) is 1.00. The van der Waals surface area contributed by atoms with Crippen molar-refractivity contribution in [2.24, 2.45) is 11.3 Å². The third-order valence-electron chi connectivity index (χ3n) is 3.76. The van der Waals surface area contributed by atoms with Crippen molar-refractivity contribution in [2.75, 3.05) is 19.6 Å². The number of hydrogen-bond acceptors (Lipinski definition) is 2. The minimum Gasteiger partial charge on any atom is -0.316 e. The molecule has 0 radical (unpaired) electrons. The molecule has 0 bridgehead atoms. The molecule has 0 aromatic carbocycles. The van der Waals surface area contributed by atoms with Crippen molar-refractivity contribution in [3.05, 3.63) is 0 Å². The maximum atomic E-state index is 3.73. The van der Waals surface area contributed by atoms with Crippen LogP contribution < -0.4 is 10.6 Å². The largest absolute Gasteiger partial charge is 0.316 e.